The lowest BCUT2D eigenvalue weighted by atomic mass is 10.0. The number of piperidine rings is 1. The van der Waals surface area contributed by atoms with Crippen molar-refractivity contribution in [3.8, 4) is 0 Å². The Morgan fingerprint density at radius 1 is 1.47 bits per heavy atom. The molecule has 1 aliphatic heterocycles. The van der Waals surface area contributed by atoms with Gasteiger partial charge < -0.3 is 5.32 Å². The number of nitrogens with one attached hydrogen (secondary N) is 1. The van der Waals surface area contributed by atoms with Crippen LogP contribution < -0.4 is 5.32 Å². The fourth-order valence-electron chi connectivity index (χ4n) is 2.41. The van der Waals surface area contributed by atoms with Gasteiger partial charge >= 0.3 is 0 Å². The Bertz CT molecular complexity index is 459. The summed E-state index contributed by atoms with van der Waals surface area (Å²) < 4.78 is 13.8. The Morgan fingerprint density at radius 2 is 2.16 bits per heavy atom. The number of nitrogens with zero attached hydrogens (tertiary/aromatic N) is 1. The zero-order valence-corrected chi connectivity index (χ0v) is 12.5. The van der Waals surface area contributed by atoms with E-state index in [2.05, 4.69) is 26.1 Å². The molecule has 3 nitrogen and oxygen atoms in total. The summed E-state index contributed by atoms with van der Waals surface area (Å²) in [7, 11) is 0. The molecule has 5 heteroatoms. The first-order valence-corrected chi connectivity index (χ1v) is 7.27. The van der Waals surface area contributed by atoms with E-state index in [-0.39, 0.29) is 11.7 Å². The van der Waals surface area contributed by atoms with Gasteiger partial charge in [0.2, 0.25) is 5.91 Å². The minimum absolute atomic E-state index is 0.0414. The van der Waals surface area contributed by atoms with Crippen LogP contribution in [0.3, 0.4) is 0 Å². The van der Waals surface area contributed by atoms with Crippen LogP contribution in [0.25, 0.3) is 0 Å². The maximum absolute atomic E-state index is 13.0. The van der Waals surface area contributed by atoms with Crippen molar-refractivity contribution >= 4 is 21.8 Å². The van der Waals surface area contributed by atoms with E-state index in [0.717, 1.165) is 42.5 Å². The number of hydrogen-bond donors (Lipinski definition) is 1. The van der Waals surface area contributed by atoms with E-state index in [1.54, 1.807) is 6.92 Å². The molecular weight excluding hydrogens is 311 g/mol. The first-order valence-electron chi connectivity index (χ1n) is 6.48. The van der Waals surface area contributed by atoms with Crippen LogP contribution in [0.2, 0.25) is 0 Å². The summed E-state index contributed by atoms with van der Waals surface area (Å²) in [5.41, 5.74) is 1.10. The average molecular weight is 329 g/mol. The molecule has 2 rings (SSSR count). The van der Waals surface area contributed by atoms with Gasteiger partial charge in [-0.25, -0.2) is 4.39 Å². The molecule has 0 atom stereocenters. The molecule has 1 aliphatic rings. The van der Waals surface area contributed by atoms with Crippen LogP contribution in [0.15, 0.2) is 22.7 Å². The number of amides is 1. The highest BCUT2D eigenvalue weighted by molar-refractivity contribution is 9.10. The molecule has 1 saturated heterocycles. The van der Waals surface area contributed by atoms with E-state index in [0.29, 0.717) is 6.04 Å². The number of benzene rings is 1. The molecule has 1 N–H and O–H groups in total. The lowest BCUT2D eigenvalue weighted by molar-refractivity contribution is -0.119. The summed E-state index contributed by atoms with van der Waals surface area (Å²) in [6, 6.07) is 5.11. The zero-order chi connectivity index (χ0) is 13.8. The largest absolute Gasteiger partial charge is 0.354 e. The molecule has 0 radical (unpaired) electrons. The number of carbonyl (C=O) groups is 1. The molecule has 1 aromatic rings. The second-order valence-electron chi connectivity index (χ2n) is 4.99. The highest BCUT2D eigenvalue weighted by Gasteiger charge is 2.20. The van der Waals surface area contributed by atoms with Gasteiger partial charge in [-0.3, -0.25) is 9.69 Å². The third-order valence-electron chi connectivity index (χ3n) is 3.40. The molecule has 0 saturated carbocycles. The third kappa shape index (κ3) is 4.28. The highest BCUT2D eigenvalue weighted by atomic mass is 79.9. The molecule has 1 fully saturated rings. The van der Waals surface area contributed by atoms with Crippen molar-refractivity contribution in [2.45, 2.75) is 32.4 Å². The topological polar surface area (TPSA) is 32.3 Å². The van der Waals surface area contributed by atoms with Crippen molar-refractivity contribution < 1.29 is 9.18 Å². The lowest BCUT2D eigenvalue weighted by Crippen LogP contribution is -2.43. The van der Waals surface area contributed by atoms with Gasteiger partial charge in [0.25, 0.3) is 0 Å². The number of halogens is 2. The fraction of sp³-hybridized carbons (Fsp3) is 0.500. The summed E-state index contributed by atoms with van der Waals surface area (Å²) in [6.07, 6.45) is 1.94. The first-order chi connectivity index (χ1) is 9.04. The van der Waals surface area contributed by atoms with Crippen molar-refractivity contribution in [1.29, 1.82) is 0 Å². The highest BCUT2D eigenvalue weighted by Crippen LogP contribution is 2.21. The van der Waals surface area contributed by atoms with Gasteiger partial charge in [-0.05, 0) is 30.5 Å². The quantitative estimate of drug-likeness (QED) is 0.925. The average Bonchev–Trinajstić information content (AvgIpc) is 2.34. The van der Waals surface area contributed by atoms with Crippen LogP contribution in [-0.2, 0) is 11.3 Å². The van der Waals surface area contributed by atoms with E-state index in [4.69, 9.17) is 0 Å². The Kier molecular flexibility index (Phi) is 4.93. The normalized spacial score (nSPS) is 17.4. The molecule has 104 valence electrons. The van der Waals surface area contributed by atoms with Crippen molar-refractivity contribution in [3.05, 3.63) is 34.1 Å². The Morgan fingerprint density at radius 3 is 2.74 bits per heavy atom. The predicted octanol–water partition coefficient (Wildman–Crippen LogP) is 2.69. The second kappa shape index (κ2) is 6.48. The van der Waals surface area contributed by atoms with E-state index in [1.807, 2.05) is 6.07 Å². The zero-order valence-electron chi connectivity index (χ0n) is 11.0. The van der Waals surface area contributed by atoms with Gasteiger partial charge in [-0.15, -0.1) is 0 Å². The Balaban J connectivity index is 1.87. The van der Waals surface area contributed by atoms with Crippen LogP contribution >= 0.6 is 15.9 Å². The van der Waals surface area contributed by atoms with Crippen molar-refractivity contribution in [2.24, 2.45) is 0 Å². The summed E-state index contributed by atoms with van der Waals surface area (Å²) >= 11 is 3.39. The maximum Gasteiger partial charge on any atom is 0.217 e. The molecule has 0 aliphatic carbocycles. The Labute approximate surface area is 121 Å². The van der Waals surface area contributed by atoms with Gasteiger partial charge in [0, 0.05) is 37.1 Å². The van der Waals surface area contributed by atoms with Gasteiger partial charge in [-0.1, -0.05) is 22.0 Å². The van der Waals surface area contributed by atoms with Crippen LogP contribution in [0, 0.1) is 5.82 Å². The molecular formula is C14H18BrFN2O. The number of likely N-dealkylation sites (tertiary alicyclic amines) is 1. The SMILES string of the molecule is CC(=O)NC1CCN(Cc2ccc(F)cc2Br)CC1. The van der Waals surface area contributed by atoms with Crippen LogP contribution in [-0.4, -0.2) is 29.9 Å². The van der Waals surface area contributed by atoms with E-state index >= 15 is 0 Å². The van der Waals surface area contributed by atoms with Crippen LogP contribution in [0.5, 0.6) is 0 Å². The summed E-state index contributed by atoms with van der Waals surface area (Å²) in [6.45, 7) is 4.28. The standard InChI is InChI=1S/C14H18BrFN2O/c1-10(19)17-13-4-6-18(7-5-13)9-11-2-3-12(16)8-14(11)15/h2-3,8,13H,4-7,9H2,1H3,(H,17,19). The van der Waals surface area contributed by atoms with Crippen LogP contribution in [0.4, 0.5) is 4.39 Å². The smallest absolute Gasteiger partial charge is 0.217 e. The molecule has 0 unspecified atom stereocenters. The summed E-state index contributed by atoms with van der Waals surface area (Å²) in [4.78, 5) is 13.3. The predicted molar refractivity (Wildman–Crippen MR) is 76.2 cm³/mol. The minimum Gasteiger partial charge on any atom is -0.354 e. The lowest BCUT2D eigenvalue weighted by Gasteiger charge is -2.32. The molecule has 19 heavy (non-hydrogen) atoms. The van der Waals surface area contributed by atoms with Crippen LogP contribution in [0.1, 0.15) is 25.3 Å². The van der Waals surface area contributed by atoms with Crippen molar-refractivity contribution in [1.82, 2.24) is 10.2 Å². The van der Waals surface area contributed by atoms with E-state index in [1.165, 1.54) is 12.1 Å². The van der Waals surface area contributed by atoms with Gasteiger partial charge in [0.15, 0.2) is 0 Å². The molecule has 1 amide bonds. The number of hydrogen-bond acceptors (Lipinski definition) is 2. The molecule has 0 bridgehead atoms. The van der Waals surface area contributed by atoms with Gasteiger partial charge in [0.05, 0.1) is 0 Å². The second-order valence-corrected chi connectivity index (χ2v) is 5.84. The Hall–Kier alpha value is -0.940. The monoisotopic (exact) mass is 328 g/mol. The maximum atomic E-state index is 13.0. The third-order valence-corrected chi connectivity index (χ3v) is 4.14. The summed E-state index contributed by atoms with van der Waals surface area (Å²) in [5, 5.41) is 2.96. The molecule has 1 heterocycles. The van der Waals surface area contributed by atoms with Gasteiger partial charge in [0.1, 0.15) is 5.82 Å². The minimum atomic E-state index is -0.222. The van der Waals surface area contributed by atoms with Crippen molar-refractivity contribution in [2.75, 3.05) is 13.1 Å². The fourth-order valence-corrected chi connectivity index (χ4v) is 2.89. The van der Waals surface area contributed by atoms with E-state index in [9.17, 15) is 9.18 Å². The molecule has 1 aromatic carbocycles. The van der Waals surface area contributed by atoms with E-state index < -0.39 is 0 Å². The molecule has 0 aromatic heterocycles. The summed E-state index contributed by atoms with van der Waals surface area (Å²) in [5.74, 6) is -0.181. The number of rotatable bonds is 3. The van der Waals surface area contributed by atoms with Crippen molar-refractivity contribution in [3.63, 3.8) is 0 Å². The molecule has 0 spiro atoms. The number of carbonyl (C=O) groups excluding carboxylic acids is 1. The first kappa shape index (κ1) is 14.5. The van der Waals surface area contributed by atoms with Gasteiger partial charge in [-0.2, -0.15) is 0 Å².